The lowest BCUT2D eigenvalue weighted by Gasteiger charge is -2.09. The second kappa shape index (κ2) is 10.2. The molecule has 0 heterocycles. The first kappa shape index (κ1) is 21.1. The Balaban J connectivity index is 2.06. The molecule has 0 atom stereocenters. The highest BCUT2D eigenvalue weighted by Crippen LogP contribution is 2.21. The average molecular weight is 451 g/mol. The van der Waals surface area contributed by atoms with E-state index in [4.69, 9.17) is 4.74 Å². The second-order valence-corrected chi connectivity index (χ2v) is 8.00. The molecule has 0 saturated heterocycles. The van der Waals surface area contributed by atoms with Crippen molar-refractivity contribution >= 4 is 31.9 Å². The van der Waals surface area contributed by atoms with Crippen LogP contribution in [-0.2, 0) is 14.8 Å². The van der Waals surface area contributed by atoms with Gasteiger partial charge in [-0.05, 0) is 46.3 Å². The Kier molecular flexibility index (Phi) is 8.00. The molecule has 1 amide bonds. The van der Waals surface area contributed by atoms with E-state index in [9.17, 15) is 13.2 Å². The van der Waals surface area contributed by atoms with E-state index in [0.29, 0.717) is 4.47 Å². The van der Waals surface area contributed by atoms with Crippen LogP contribution in [0.4, 0.5) is 0 Å². The zero-order valence-electron chi connectivity index (χ0n) is 14.7. The molecule has 2 rings (SSSR count). The Morgan fingerprint density at radius 3 is 2.63 bits per heavy atom. The summed E-state index contributed by atoms with van der Waals surface area (Å²) in [5, 5.41) is 2.66. The van der Waals surface area contributed by atoms with Gasteiger partial charge in [-0.2, -0.15) is 0 Å². The van der Waals surface area contributed by atoms with Gasteiger partial charge in [-0.25, -0.2) is 13.1 Å². The van der Waals surface area contributed by atoms with Crippen molar-refractivity contribution in [3.63, 3.8) is 0 Å². The smallest absolute Gasteiger partial charge is 0.253 e. The third kappa shape index (κ3) is 6.48. The third-order valence-electron chi connectivity index (χ3n) is 3.43. The maximum Gasteiger partial charge on any atom is 0.253 e. The van der Waals surface area contributed by atoms with Gasteiger partial charge in [-0.15, -0.1) is 0 Å². The molecule has 8 heteroatoms. The van der Waals surface area contributed by atoms with Crippen molar-refractivity contribution in [2.24, 2.45) is 0 Å². The molecule has 0 radical (unpaired) electrons. The van der Waals surface area contributed by atoms with Gasteiger partial charge in [-0.1, -0.05) is 30.0 Å². The minimum atomic E-state index is -3.73. The molecule has 0 spiro atoms. The molecule has 0 unspecified atom stereocenters. The van der Waals surface area contributed by atoms with E-state index in [0.717, 1.165) is 5.56 Å². The monoisotopic (exact) mass is 450 g/mol. The minimum absolute atomic E-state index is 0.00215. The lowest BCUT2D eigenvalue weighted by Crippen LogP contribution is -2.28. The fraction of sp³-hybridized carbons (Fsp3) is 0.211. The molecule has 2 aromatic rings. The predicted molar refractivity (Wildman–Crippen MR) is 107 cm³/mol. The number of ether oxygens (including phenoxy) is 1. The molecule has 0 aliphatic heterocycles. The largest absolute Gasteiger partial charge is 0.383 e. The summed E-state index contributed by atoms with van der Waals surface area (Å²) < 4.78 is 32.3. The standard InChI is InChI=1S/C19H19BrN2O4S/c1-26-13-12-22-27(24,25)16-9-10-18(20)17(14-16)19(23)21-11-5-8-15-6-3-2-4-7-15/h2-4,6-7,9-10,14,22H,11-13H2,1H3,(H,21,23). The van der Waals surface area contributed by atoms with E-state index < -0.39 is 15.9 Å². The summed E-state index contributed by atoms with van der Waals surface area (Å²) in [5.74, 6) is 5.38. The summed E-state index contributed by atoms with van der Waals surface area (Å²) in [6.45, 7) is 0.540. The van der Waals surface area contributed by atoms with E-state index in [1.54, 1.807) is 0 Å². The van der Waals surface area contributed by atoms with Crippen molar-refractivity contribution in [3.05, 3.63) is 64.1 Å². The number of methoxy groups -OCH3 is 1. The van der Waals surface area contributed by atoms with Crippen molar-refractivity contribution in [2.45, 2.75) is 4.90 Å². The summed E-state index contributed by atoms with van der Waals surface area (Å²) in [7, 11) is -2.24. The first-order valence-corrected chi connectivity index (χ1v) is 10.3. The van der Waals surface area contributed by atoms with Gasteiger partial charge in [0.25, 0.3) is 5.91 Å². The topological polar surface area (TPSA) is 84.5 Å². The van der Waals surface area contributed by atoms with E-state index in [1.807, 2.05) is 30.3 Å². The molecule has 27 heavy (non-hydrogen) atoms. The van der Waals surface area contributed by atoms with E-state index in [2.05, 4.69) is 37.8 Å². The first-order valence-electron chi connectivity index (χ1n) is 8.04. The SMILES string of the molecule is COCCNS(=O)(=O)c1ccc(Br)c(C(=O)NCC#Cc2ccccc2)c1. The summed E-state index contributed by atoms with van der Waals surface area (Å²) in [5.41, 5.74) is 1.06. The Morgan fingerprint density at radius 2 is 1.93 bits per heavy atom. The zero-order valence-corrected chi connectivity index (χ0v) is 17.1. The summed E-state index contributed by atoms with van der Waals surface area (Å²) in [6.07, 6.45) is 0. The molecule has 0 fully saturated rings. The number of sulfonamides is 1. The van der Waals surface area contributed by atoms with Crippen molar-refractivity contribution in [2.75, 3.05) is 26.8 Å². The lowest BCUT2D eigenvalue weighted by atomic mass is 10.2. The number of rotatable bonds is 7. The van der Waals surface area contributed by atoms with Gasteiger partial charge in [0.05, 0.1) is 23.6 Å². The lowest BCUT2D eigenvalue weighted by molar-refractivity contribution is 0.0957. The first-order chi connectivity index (χ1) is 12.9. The van der Waals surface area contributed by atoms with Crippen LogP contribution in [0.3, 0.4) is 0 Å². The van der Waals surface area contributed by atoms with Crippen molar-refractivity contribution < 1.29 is 17.9 Å². The quantitative estimate of drug-likeness (QED) is 0.499. The Labute approximate surface area is 167 Å². The second-order valence-electron chi connectivity index (χ2n) is 5.38. The molecule has 0 aromatic heterocycles. The maximum absolute atomic E-state index is 12.4. The van der Waals surface area contributed by atoms with Crippen LogP contribution in [0, 0.1) is 11.8 Å². The number of halogens is 1. The highest BCUT2D eigenvalue weighted by atomic mass is 79.9. The van der Waals surface area contributed by atoms with Gasteiger partial charge in [0, 0.05) is 23.7 Å². The van der Waals surface area contributed by atoms with Crippen LogP contribution >= 0.6 is 15.9 Å². The van der Waals surface area contributed by atoms with Gasteiger partial charge >= 0.3 is 0 Å². The van der Waals surface area contributed by atoms with E-state index in [-0.39, 0.29) is 30.2 Å². The van der Waals surface area contributed by atoms with Crippen molar-refractivity contribution in [1.82, 2.24) is 10.0 Å². The summed E-state index contributed by atoms with van der Waals surface area (Å²) >= 11 is 3.28. The number of nitrogens with one attached hydrogen (secondary N) is 2. The Morgan fingerprint density at radius 1 is 1.19 bits per heavy atom. The highest BCUT2D eigenvalue weighted by Gasteiger charge is 2.18. The van der Waals surface area contributed by atoms with Crippen LogP contribution in [0.5, 0.6) is 0 Å². The van der Waals surface area contributed by atoms with Gasteiger partial charge in [0.2, 0.25) is 10.0 Å². The number of hydrogen-bond donors (Lipinski definition) is 2. The normalized spacial score (nSPS) is 10.7. The Bertz CT molecular complexity index is 951. The molecular weight excluding hydrogens is 432 g/mol. The summed E-state index contributed by atoms with van der Waals surface area (Å²) in [6, 6.07) is 13.7. The number of carbonyl (C=O) groups excluding carboxylic acids is 1. The van der Waals surface area contributed by atoms with Crippen LogP contribution < -0.4 is 10.0 Å². The van der Waals surface area contributed by atoms with E-state index in [1.165, 1.54) is 25.3 Å². The van der Waals surface area contributed by atoms with E-state index >= 15 is 0 Å². The van der Waals surface area contributed by atoms with Crippen LogP contribution in [0.15, 0.2) is 57.9 Å². The molecular formula is C19H19BrN2O4S. The molecule has 0 bridgehead atoms. The van der Waals surface area contributed by atoms with Crippen LogP contribution in [0.1, 0.15) is 15.9 Å². The minimum Gasteiger partial charge on any atom is -0.383 e. The third-order valence-corrected chi connectivity index (χ3v) is 5.59. The Hall–Kier alpha value is -2.18. The molecule has 2 N–H and O–H groups in total. The highest BCUT2D eigenvalue weighted by molar-refractivity contribution is 9.10. The van der Waals surface area contributed by atoms with Crippen LogP contribution in [0.2, 0.25) is 0 Å². The molecule has 0 saturated carbocycles. The average Bonchev–Trinajstić information content (AvgIpc) is 2.66. The molecule has 2 aromatic carbocycles. The number of benzene rings is 2. The zero-order chi connectivity index (χ0) is 19.7. The summed E-state index contributed by atoms with van der Waals surface area (Å²) in [4.78, 5) is 12.4. The van der Waals surface area contributed by atoms with Gasteiger partial charge in [0.15, 0.2) is 0 Å². The predicted octanol–water partition coefficient (Wildman–Crippen LogP) is 2.16. The molecule has 6 nitrogen and oxygen atoms in total. The molecule has 142 valence electrons. The molecule has 0 aliphatic carbocycles. The van der Waals surface area contributed by atoms with Crippen LogP contribution in [-0.4, -0.2) is 41.1 Å². The maximum atomic E-state index is 12.4. The number of hydrogen-bond acceptors (Lipinski definition) is 4. The van der Waals surface area contributed by atoms with Gasteiger partial charge < -0.3 is 10.1 Å². The fourth-order valence-corrected chi connectivity index (χ4v) is 3.56. The van der Waals surface area contributed by atoms with Gasteiger partial charge in [0.1, 0.15) is 0 Å². The fourth-order valence-electron chi connectivity index (χ4n) is 2.09. The number of carbonyl (C=O) groups is 1. The van der Waals surface area contributed by atoms with Crippen LogP contribution in [0.25, 0.3) is 0 Å². The number of amides is 1. The molecule has 0 aliphatic rings. The van der Waals surface area contributed by atoms with Crippen molar-refractivity contribution in [3.8, 4) is 11.8 Å². The van der Waals surface area contributed by atoms with Gasteiger partial charge in [-0.3, -0.25) is 4.79 Å². The van der Waals surface area contributed by atoms with Crippen molar-refractivity contribution in [1.29, 1.82) is 0 Å².